The number of hydrogen-bond acceptors (Lipinski definition) is 2. The summed E-state index contributed by atoms with van der Waals surface area (Å²) in [7, 11) is 0. The first kappa shape index (κ1) is 12.6. The smallest absolute Gasteiger partial charge is 0.229 e. The van der Waals surface area contributed by atoms with Gasteiger partial charge in [-0.15, -0.1) is 0 Å². The molecule has 17 heavy (non-hydrogen) atoms. The van der Waals surface area contributed by atoms with Crippen molar-refractivity contribution in [3.63, 3.8) is 0 Å². The van der Waals surface area contributed by atoms with Crippen LogP contribution in [0.3, 0.4) is 0 Å². The Morgan fingerprint density at radius 2 is 2.24 bits per heavy atom. The van der Waals surface area contributed by atoms with E-state index >= 15 is 0 Å². The summed E-state index contributed by atoms with van der Waals surface area (Å²) in [6.07, 6.45) is 0. The molecule has 0 radical (unpaired) electrons. The molecule has 1 fully saturated rings. The molecule has 0 saturated carbocycles. The summed E-state index contributed by atoms with van der Waals surface area (Å²) < 4.78 is 0.982. The van der Waals surface area contributed by atoms with Gasteiger partial charge in [0.05, 0.1) is 5.92 Å². The number of carbonyl (C=O) groups is 1. The van der Waals surface area contributed by atoms with Crippen molar-refractivity contribution in [2.24, 2.45) is 11.8 Å². The fraction of sp³-hybridized carbons (Fsp3) is 0.462. The summed E-state index contributed by atoms with van der Waals surface area (Å²) in [4.78, 5) is 12.1. The first-order valence-corrected chi connectivity index (χ1v) is 6.65. The van der Waals surface area contributed by atoms with Crippen LogP contribution in [0.4, 0.5) is 5.69 Å². The van der Waals surface area contributed by atoms with Crippen LogP contribution in [-0.4, -0.2) is 19.0 Å². The molecular weight excluding hydrogens is 280 g/mol. The van der Waals surface area contributed by atoms with E-state index < -0.39 is 0 Å². The molecule has 1 aliphatic heterocycles. The van der Waals surface area contributed by atoms with Gasteiger partial charge in [-0.1, -0.05) is 28.9 Å². The predicted molar refractivity (Wildman–Crippen MR) is 73.0 cm³/mol. The van der Waals surface area contributed by atoms with Gasteiger partial charge in [0, 0.05) is 16.7 Å². The van der Waals surface area contributed by atoms with Crippen LogP contribution >= 0.6 is 15.9 Å². The van der Waals surface area contributed by atoms with Crippen molar-refractivity contribution in [2.45, 2.75) is 13.8 Å². The Hall–Kier alpha value is -0.870. The highest BCUT2D eigenvalue weighted by molar-refractivity contribution is 9.10. The fourth-order valence-electron chi connectivity index (χ4n) is 2.12. The Kier molecular flexibility index (Phi) is 3.84. The SMILES string of the molecule is Cc1ccc(Br)cc1NC(=O)[C@@H]1CNC[C@H]1C. The summed E-state index contributed by atoms with van der Waals surface area (Å²) >= 11 is 3.42. The maximum atomic E-state index is 12.1. The molecule has 2 rings (SSSR count). The molecule has 2 atom stereocenters. The van der Waals surface area contributed by atoms with Crippen LogP contribution in [0.1, 0.15) is 12.5 Å². The molecule has 1 aromatic rings. The number of benzene rings is 1. The molecule has 4 heteroatoms. The standard InChI is InChI=1S/C13H17BrN2O/c1-8-3-4-10(14)5-12(8)16-13(17)11-7-15-6-9(11)2/h3-5,9,11,15H,6-7H2,1-2H3,(H,16,17)/t9-,11-/m1/s1. The van der Waals surface area contributed by atoms with Gasteiger partial charge in [-0.25, -0.2) is 0 Å². The average molecular weight is 297 g/mol. The number of hydrogen-bond donors (Lipinski definition) is 2. The second kappa shape index (κ2) is 5.19. The molecule has 0 spiro atoms. The molecule has 2 N–H and O–H groups in total. The minimum atomic E-state index is 0.0772. The third-order valence-electron chi connectivity index (χ3n) is 3.31. The summed E-state index contributed by atoms with van der Waals surface area (Å²) in [5.41, 5.74) is 1.98. The number of nitrogens with one attached hydrogen (secondary N) is 2. The molecule has 1 saturated heterocycles. The minimum absolute atomic E-state index is 0.0772. The van der Waals surface area contributed by atoms with Crippen molar-refractivity contribution in [1.29, 1.82) is 0 Å². The quantitative estimate of drug-likeness (QED) is 0.881. The minimum Gasteiger partial charge on any atom is -0.326 e. The molecule has 92 valence electrons. The molecule has 0 aliphatic carbocycles. The van der Waals surface area contributed by atoms with E-state index in [1.54, 1.807) is 0 Å². The second-order valence-corrected chi connectivity index (χ2v) is 5.61. The number of carbonyl (C=O) groups excluding carboxylic acids is 1. The number of aryl methyl sites for hydroxylation is 1. The van der Waals surface area contributed by atoms with Crippen LogP contribution < -0.4 is 10.6 Å². The van der Waals surface area contributed by atoms with E-state index in [0.29, 0.717) is 5.92 Å². The van der Waals surface area contributed by atoms with Gasteiger partial charge in [0.15, 0.2) is 0 Å². The van der Waals surface area contributed by atoms with E-state index in [9.17, 15) is 4.79 Å². The van der Waals surface area contributed by atoms with Crippen molar-refractivity contribution in [3.05, 3.63) is 28.2 Å². The molecule has 1 aliphatic rings. The highest BCUT2D eigenvalue weighted by Crippen LogP contribution is 2.23. The molecule has 3 nitrogen and oxygen atoms in total. The van der Waals surface area contributed by atoms with Gasteiger partial charge in [0.25, 0.3) is 0 Å². The largest absolute Gasteiger partial charge is 0.326 e. The summed E-state index contributed by atoms with van der Waals surface area (Å²) in [6, 6.07) is 5.92. The zero-order valence-electron chi connectivity index (χ0n) is 10.1. The highest BCUT2D eigenvalue weighted by atomic mass is 79.9. The zero-order valence-corrected chi connectivity index (χ0v) is 11.7. The van der Waals surface area contributed by atoms with Gasteiger partial charge in [-0.3, -0.25) is 4.79 Å². The summed E-state index contributed by atoms with van der Waals surface area (Å²) in [5.74, 6) is 0.597. The maximum Gasteiger partial charge on any atom is 0.229 e. The van der Waals surface area contributed by atoms with Crippen molar-refractivity contribution in [2.75, 3.05) is 18.4 Å². The molecular formula is C13H17BrN2O. The average Bonchev–Trinajstić information content (AvgIpc) is 2.70. The fourth-order valence-corrected chi connectivity index (χ4v) is 2.48. The number of halogens is 1. The van der Waals surface area contributed by atoms with Crippen molar-refractivity contribution >= 4 is 27.5 Å². The Labute approximate surface area is 110 Å². The van der Waals surface area contributed by atoms with Gasteiger partial charge in [0.2, 0.25) is 5.91 Å². The van der Waals surface area contributed by atoms with Gasteiger partial charge in [0.1, 0.15) is 0 Å². The summed E-state index contributed by atoms with van der Waals surface area (Å²) in [6.45, 7) is 5.81. The van der Waals surface area contributed by atoms with E-state index in [1.165, 1.54) is 0 Å². The lowest BCUT2D eigenvalue weighted by molar-refractivity contribution is -0.120. The molecule has 0 unspecified atom stereocenters. The Bertz CT molecular complexity index is 433. The molecule has 1 heterocycles. The molecule has 0 bridgehead atoms. The second-order valence-electron chi connectivity index (χ2n) is 4.69. The van der Waals surface area contributed by atoms with Gasteiger partial charge in [-0.2, -0.15) is 0 Å². The van der Waals surface area contributed by atoms with Crippen LogP contribution in [0.2, 0.25) is 0 Å². The number of amides is 1. The van der Waals surface area contributed by atoms with Crippen LogP contribution in [0.15, 0.2) is 22.7 Å². The van der Waals surface area contributed by atoms with Crippen molar-refractivity contribution < 1.29 is 4.79 Å². The van der Waals surface area contributed by atoms with E-state index in [-0.39, 0.29) is 11.8 Å². The first-order chi connectivity index (χ1) is 8.08. The van der Waals surface area contributed by atoms with Crippen LogP contribution in [0, 0.1) is 18.8 Å². The van der Waals surface area contributed by atoms with Crippen LogP contribution in [0.25, 0.3) is 0 Å². The van der Waals surface area contributed by atoms with Crippen molar-refractivity contribution in [1.82, 2.24) is 5.32 Å². The van der Waals surface area contributed by atoms with E-state index in [4.69, 9.17) is 0 Å². The van der Waals surface area contributed by atoms with Gasteiger partial charge in [-0.05, 0) is 37.1 Å². The van der Waals surface area contributed by atoms with E-state index in [0.717, 1.165) is 28.8 Å². The molecule has 1 amide bonds. The van der Waals surface area contributed by atoms with Crippen LogP contribution in [-0.2, 0) is 4.79 Å². The topological polar surface area (TPSA) is 41.1 Å². The Balaban J connectivity index is 2.10. The maximum absolute atomic E-state index is 12.1. The summed E-state index contributed by atoms with van der Waals surface area (Å²) in [5, 5.41) is 6.26. The first-order valence-electron chi connectivity index (χ1n) is 5.85. The van der Waals surface area contributed by atoms with Gasteiger partial charge >= 0.3 is 0 Å². The molecule has 0 aromatic heterocycles. The van der Waals surface area contributed by atoms with Gasteiger partial charge < -0.3 is 10.6 Å². The third-order valence-corrected chi connectivity index (χ3v) is 3.80. The zero-order chi connectivity index (χ0) is 12.4. The third kappa shape index (κ3) is 2.87. The van der Waals surface area contributed by atoms with E-state index in [2.05, 4.69) is 33.5 Å². The van der Waals surface area contributed by atoms with E-state index in [1.807, 2.05) is 25.1 Å². The van der Waals surface area contributed by atoms with Crippen LogP contribution in [0.5, 0.6) is 0 Å². The number of rotatable bonds is 2. The highest BCUT2D eigenvalue weighted by Gasteiger charge is 2.29. The monoisotopic (exact) mass is 296 g/mol. The Morgan fingerprint density at radius 1 is 1.47 bits per heavy atom. The lowest BCUT2D eigenvalue weighted by atomic mass is 9.97. The lowest BCUT2D eigenvalue weighted by Gasteiger charge is -2.15. The molecule has 1 aromatic carbocycles. The Morgan fingerprint density at radius 3 is 2.88 bits per heavy atom. The normalized spacial score (nSPS) is 23.7. The predicted octanol–water partition coefficient (Wildman–Crippen LogP) is 2.55. The van der Waals surface area contributed by atoms with Crippen molar-refractivity contribution in [3.8, 4) is 0 Å². The number of anilines is 1. The lowest BCUT2D eigenvalue weighted by Crippen LogP contribution is -2.28.